The average molecular weight is 311 g/mol. The minimum atomic E-state index is -0.141. The van der Waals surface area contributed by atoms with Gasteiger partial charge in [-0.05, 0) is 31.9 Å². The maximum Gasteiger partial charge on any atom is 0.319 e. The van der Waals surface area contributed by atoms with Crippen molar-refractivity contribution in [1.29, 1.82) is 0 Å². The minimum absolute atomic E-state index is 0.0740. The highest BCUT2D eigenvalue weighted by Crippen LogP contribution is 2.22. The van der Waals surface area contributed by atoms with Gasteiger partial charge in [-0.3, -0.25) is 4.79 Å². The van der Waals surface area contributed by atoms with Crippen molar-refractivity contribution in [2.45, 2.75) is 44.3 Å². The molecule has 0 aliphatic rings. The summed E-state index contributed by atoms with van der Waals surface area (Å²) < 4.78 is 5.25. The molecule has 0 radical (unpaired) electrons. The van der Waals surface area contributed by atoms with Gasteiger partial charge in [0, 0.05) is 11.3 Å². The van der Waals surface area contributed by atoms with Crippen molar-refractivity contribution in [3.05, 3.63) is 35.4 Å². The largest absolute Gasteiger partial charge is 0.462 e. The Morgan fingerprint density at radius 2 is 2.15 bits per heavy atom. The summed E-state index contributed by atoms with van der Waals surface area (Å²) in [4.78, 5) is 12.3. The molecule has 0 bridgehead atoms. The molecule has 1 atom stereocenters. The highest BCUT2D eigenvalue weighted by Gasteiger charge is 2.19. The molecule has 0 saturated heterocycles. The summed E-state index contributed by atoms with van der Waals surface area (Å²) in [6.07, 6.45) is 0.681. The Morgan fingerprint density at radius 3 is 2.70 bits per heavy atom. The predicted octanol–water partition coefficient (Wildman–Crippen LogP) is 3.28. The second kappa shape index (κ2) is 8.27. The number of carbonyl (C=O) groups excluding carboxylic acids is 1. The molecule has 20 heavy (non-hydrogen) atoms. The second-order valence-electron chi connectivity index (χ2n) is 4.76. The van der Waals surface area contributed by atoms with Crippen molar-refractivity contribution < 1.29 is 9.53 Å². The number of rotatable bonds is 7. The van der Waals surface area contributed by atoms with E-state index in [9.17, 15) is 4.79 Å². The molecule has 0 amide bonds. The van der Waals surface area contributed by atoms with Gasteiger partial charge in [-0.25, -0.2) is 0 Å². The number of hydrogen-bond acceptors (Lipinski definition) is 4. The number of benzene rings is 1. The Kier molecular flexibility index (Phi) is 7.02. The third-order valence-corrected chi connectivity index (χ3v) is 4.31. The number of hydrogen-bond donors (Lipinski definition) is 1. The van der Waals surface area contributed by atoms with E-state index in [0.29, 0.717) is 4.99 Å². The molecule has 1 aromatic carbocycles. The fourth-order valence-corrected chi connectivity index (χ4v) is 2.80. The smallest absolute Gasteiger partial charge is 0.319 e. The second-order valence-corrected chi connectivity index (χ2v) is 6.39. The minimum Gasteiger partial charge on any atom is -0.462 e. The highest BCUT2D eigenvalue weighted by molar-refractivity contribution is 7.99. The van der Waals surface area contributed by atoms with Crippen molar-refractivity contribution >= 4 is 34.9 Å². The fourth-order valence-electron chi connectivity index (χ4n) is 1.67. The van der Waals surface area contributed by atoms with Crippen LogP contribution in [0.2, 0.25) is 0 Å². The summed E-state index contributed by atoms with van der Waals surface area (Å²) in [7, 11) is 0. The van der Waals surface area contributed by atoms with E-state index < -0.39 is 0 Å². The summed E-state index contributed by atoms with van der Waals surface area (Å²) in [6.45, 7) is 5.71. The van der Waals surface area contributed by atoms with Gasteiger partial charge >= 0.3 is 5.97 Å². The maximum absolute atomic E-state index is 11.9. The Morgan fingerprint density at radius 1 is 1.45 bits per heavy atom. The SMILES string of the molecule is CCC(SCc1cccc(C(N)=S)c1)C(=O)OC(C)C. The van der Waals surface area contributed by atoms with Crippen LogP contribution in [0.1, 0.15) is 38.3 Å². The summed E-state index contributed by atoms with van der Waals surface area (Å²) in [5, 5.41) is -0.133. The Bertz CT molecular complexity index is 475. The molecule has 1 rings (SSSR count). The van der Waals surface area contributed by atoms with Crippen LogP contribution in [0.25, 0.3) is 0 Å². The summed E-state index contributed by atoms with van der Waals surface area (Å²) in [6, 6.07) is 7.80. The van der Waals surface area contributed by atoms with Crippen LogP contribution in [0.15, 0.2) is 24.3 Å². The predicted molar refractivity (Wildman–Crippen MR) is 88.9 cm³/mol. The molecular formula is C15H21NO2S2. The van der Waals surface area contributed by atoms with E-state index in [-0.39, 0.29) is 17.3 Å². The molecular weight excluding hydrogens is 290 g/mol. The van der Waals surface area contributed by atoms with E-state index in [1.165, 1.54) is 0 Å². The molecule has 0 saturated carbocycles. The van der Waals surface area contributed by atoms with Crippen molar-refractivity contribution in [1.82, 2.24) is 0 Å². The standard InChI is InChI=1S/C15H21NO2S2/c1-4-13(15(17)18-10(2)3)20-9-11-6-5-7-12(8-11)14(16)19/h5-8,10,13H,4,9H2,1-3H3,(H2,16,19). The van der Waals surface area contributed by atoms with Gasteiger partial charge < -0.3 is 10.5 Å². The molecule has 3 nitrogen and oxygen atoms in total. The number of thiocarbonyl (C=S) groups is 1. The van der Waals surface area contributed by atoms with Gasteiger partial charge in [0.1, 0.15) is 10.2 Å². The Balaban J connectivity index is 2.62. The summed E-state index contributed by atoms with van der Waals surface area (Å²) in [5.41, 5.74) is 7.58. The number of esters is 1. The molecule has 1 unspecified atom stereocenters. The third kappa shape index (κ3) is 5.51. The number of thioether (sulfide) groups is 1. The first-order valence-electron chi connectivity index (χ1n) is 6.64. The van der Waals surface area contributed by atoms with Crippen LogP contribution >= 0.6 is 24.0 Å². The molecule has 0 aliphatic heterocycles. The van der Waals surface area contributed by atoms with Crippen LogP contribution in [-0.2, 0) is 15.3 Å². The van der Waals surface area contributed by atoms with Crippen LogP contribution in [0.4, 0.5) is 0 Å². The average Bonchev–Trinajstić information content (AvgIpc) is 2.39. The normalized spacial score (nSPS) is 12.2. The molecule has 2 N–H and O–H groups in total. The van der Waals surface area contributed by atoms with Gasteiger partial charge in [-0.2, -0.15) is 0 Å². The zero-order valence-electron chi connectivity index (χ0n) is 12.1. The van der Waals surface area contributed by atoms with E-state index in [2.05, 4.69) is 0 Å². The third-order valence-electron chi connectivity index (χ3n) is 2.65. The van der Waals surface area contributed by atoms with E-state index >= 15 is 0 Å². The Labute approximate surface area is 130 Å². The van der Waals surface area contributed by atoms with E-state index in [0.717, 1.165) is 23.3 Å². The zero-order chi connectivity index (χ0) is 15.1. The molecule has 5 heteroatoms. The summed E-state index contributed by atoms with van der Waals surface area (Å²) in [5.74, 6) is 0.598. The monoisotopic (exact) mass is 311 g/mol. The van der Waals surface area contributed by atoms with Crippen molar-refractivity contribution in [3.8, 4) is 0 Å². The first kappa shape index (κ1) is 17.0. The van der Waals surface area contributed by atoms with Crippen LogP contribution < -0.4 is 5.73 Å². The number of nitrogens with two attached hydrogens (primary N) is 1. The molecule has 0 aromatic heterocycles. The summed E-state index contributed by atoms with van der Waals surface area (Å²) >= 11 is 6.55. The molecule has 0 spiro atoms. The van der Waals surface area contributed by atoms with Crippen LogP contribution in [0, 0.1) is 0 Å². The van der Waals surface area contributed by atoms with Gasteiger partial charge in [0.25, 0.3) is 0 Å². The molecule has 0 fully saturated rings. The first-order chi connectivity index (χ1) is 9.43. The first-order valence-corrected chi connectivity index (χ1v) is 8.10. The van der Waals surface area contributed by atoms with Crippen molar-refractivity contribution in [2.75, 3.05) is 0 Å². The van der Waals surface area contributed by atoms with Crippen LogP contribution in [-0.4, -0.2) is 22.3 Å². The van der Waals surface area contributed by atoms with Gasteiger partial charge in [0.2, 0.25) is 0 Å². The fraction of sp³-hybridized carbons (Fsp3) is 0.467. The number of carbonyl (C=O) groups is 1. The van der Waals surface area contributed by atoms with Gasteiger partial charge in [0.15, 0.2) is 0 Å². The van der Waals surface area contributed by atoms with Gasteiger partial charge in [0.05, 0.1) is 6.10 Å². The van der Waals surface area contributed by atoms with Gasteiger partial charge in [-0.1, -0.05) is 37.3 Å². The quantitative estimate of drug-likeness (QED) is 0.618. The van der Waals surface area contributed by atoms with Gasteiger partial charge in [-0.15, -0.1) is 11.8 Å². The van der Waals surface area contributed by atoms with E-state index in [1.807, 2.05) is 45.0 Å². The number of ether oxygens (including phenoxy) is 1. The lowest BCUT2D eigenvalue weighted by atomic mass is 10.1. The lowest BCUT2D eigenvalue weighted by molar-refractivity contribution is -0.146. The highest BCUT2D eigenvalue weighted by atomic mass is 32.2. The van der Waals surface area contributed by atoms with Crippen molar-refractivity contribution in [3.63, 3.8) is 0 Å². The molecule has 0 aliphatic carbocycles. The molecule has 110 valence electrons. The Hall–Kier alpha value is -1.07. The lowest BCUT2D eigenvalue weighted by Gasteiger charge is -2.16. The van der Waals surface area contributed by atoms with Crippen molar-refractivity contribution in [2.24, 2.45) is 5.73 Å². The maximum atomic E-state index is 11.9. The van der Waals surface area contributed by atoms with Crippen LogP contribution in [0.5, 0.6) is 0 Å². The van der Waals surface area contributed by atoms with E-state index in [1.54, 1.807) is 11.8 Å². The zero-order valence-corrected chi connectivity index (χ0v) is 13.7. The topological polar surface area (TPSA) is 52.3 Å². The molecule has 1 aromatic rings. The van der Waals surface area contributed by atoms with E-state index in [4.69, 9.17) is 22.7 Å². The van der Waals surface area contributed by atoms with Crippen LogP contribution in [0.3, 0.4) is 0 Å². The lowest BCUT2D eigenvalue weighted by Crippen LogP contribution is -2.23. The molecule has 0 heterocycles.